The fraction of sp³-hybridized carbons (Fsp3) is 0.318. The number of carboxylic acid groups (broad SMARTS) is 1. The van der Waals surface area contributed by atoms with Crippen LogP contribution in [0.1, 0.15) is 108 Å². The van der Waals surface area contributed by atoms with Gasteiger partial charge in [-0.1, -0.05) is 63.2 Å². The first-order chi connectivity index (χ1) is 25.3. The summed E-state index contributed by atoms with van der Waals surface area (Å²) in [6, 6.07) is 19.2. The Balaban J connectivity index is 0.000000244. The van der Waals surface area contributed by atoms with Gasteiger partial charge in [-0.25, -0.2) is 22.4 Å². The van der Waals surface area contributed by atoms with E-state index in [1.54, 1.807) is 24.3 Å². The van der Waals surface area contributed by atoms with Crippen LogP contribution in [0.4, 0.5) is 17.6 Å². The molecule has 284 valence electrons. The number of carbonyl (C=O) groups is 2. The van der Waals surface area contributed by atoms with Gasteiger partial charge in [-0.05, 0) is 116 Å². The van der Waals surface area contributed by atoms with E-state index in [0.29, 0.717) is 28.7 Å². The van der Waals surface area contributed by atoms with Crippen molar-refractivity contribution in [3.05, 3.63) is 142 Å². The molecule has 0 atom stereocenters. The molecule has 4 N–H and O–H groups in total. The summed E-state index contributed by atoms with van der Waals surface area (Å²) in [6.07, 6.45) is 10.3. The Labute approximate surface area is 321 Å². The summed E-state index contributed by atoms with van der Waals surface area (Å²) in [7, 11) is 0. The van der Waals surface area contributed by atoms with Crippen LogP contribution in [0.5, 0.6) is 0 Å². The molecule has 54 heavy (non-hydrogen) atoms. The fourth-order valence-electron chi connectivity index (χ4n) is 6.10. The number of carbonyl (C=O) groups excluding carboxylic acids is 1. The quantitative estimate of drug-likeness (QED) is 0.140. The van der Waals surface area contributed by atoms with Gasteiger partial charge in [0, 0.05) is 35.4 Å². The highest BCUT2D eigenvalue weighted by Crippen LogP contribution is 2.37. The summed E-state index contributed by atoms with van der Waals surface area (Å²) in [6.45, 7) is 6.08. The molecule has 0 aliphatic heterocycles. The van der Waals surface area contributed by atoms with Gasteiger partial charge in [0.2, 0.25) is 0 Å². The molecule has 2 aliphatic carbocycles. The number of benzene rings is 4. The maximum absolute atomic E-state index is 13.6. The van der Waals surface area contributed by atoms with E-state index in [1.165, 1.54) is 81.0 Å². The van der Waals surface area contributed by atoms with Crippen molar-refractivity contribution in [2.45, 2.75) is 65.2 Å². The van der Waals surface area contributed by atoms with Crippen molar-refractivity contribution in [2.24, 2.45) is 16.6 Å². The van der Waals surface area contributed by atoms with E-state index in [4.69, 9.17) is 10.8 Å². The molecule has 2 saturated carbocycles. The van der Waals surface area contributed by atoms with Crippen molar-refractivity contribution < 1.29 is 32.3 Å². The van der Waals surface area contributed by atoms with Crippen molar-refractivity contribution in [1.82, 2.24) is 5.32 Å². The number of nitrogens with one attached hydrogen (secondary N) is 1. The van der Waals surface area contributed by atoms with E-state index in [1.807, 2.05) is 0 Å². The second-order valence-electron chi connectivity index (χ2n) is 14.1. The lowest BCUT2D eigenvalue weighted by Gasteiger charge is -2.23. The third-order valence-corrected chi connectivity index (χ3v) is 9.61. The summed E-state index contributed by atoms with van der Waals surface area (Å²) < 4.78 is 52.5. The molecule has 1 amide bonds. The Hall–Kier alpha value is -5.09. The first-order valence-corrected chi connectivity index (χ1v) is 17.6. The van der Waals surface area contributed by atoms with E-state index in [9.17, 15) is 27.2 Å². The van der Waals surface area contributed by atoms with Crippen molar-refractivity contribution in [3.8, 4) is 23.7 Å². The number of rotatable bonds is 5. The highest BCUT2D eigenvalue weighted by Gasteiger charge is 2.29. The van der Waals surface area contributed by atoms with Crippen LogP contribution in [-0.4, -0.2) is 30.1 Å². The van der Waals surface area contributed by atoms with Gasteiger partial charge in [0.05, 0.1) is 16.7 Å². The maximum Gasteiger partial charge on any atom is 0.335 e. The SMILES string of the molecule is CC1(CN)CCCC1.CC1(CNC(=O)c2ccc(C#Cc3ccc(F)cc3F)cc2)CCCC1.Cl.O=C(O)c1ccc(C#Cc2ccc(F)cc2F)cc1. The van der Waals surface area contributed by atoms with Crippen LogP contribution in [0.25, 0.3) is 0 Å². The van der Waals surface area contributed by atoms with E-state index < -0.39 is 29.2 Å². The van der Waals surface area contributed by atoms with Crippen LogP contribution < -0.4 is 11.1 Å². The summed E-state index contributed by atoms with van der Waals surface area (Å²) in [5.74, 6) is 6.93. The number of halogens is 5. The highest BCUT2D eigenvalue weighted by molar-refractivity contribution is 5.94. The molecule has 2 aliphatic rings. The molecule has 4 aromatic carbocycles. The normalized spacial score (nSPS) is 14.6. The lowest BCUT2D eigenvalue weighted by Crippen LogP contribution is -2.34. The van der Waals surface area contributed by atoms with E-state index in [2.05, 4.69) is 42.8 Å². The van der Waals surface area contributed by atoms with E-state index in [0.717, 1.165) is 37.6 Å². The molecule has 4 aromatic rings. The number of nitrogens with two attached hydrogens (primary N) is 1. The third-order valence-electron chi connectivity index (χ3n) is 9.61. The molecule has 5 nitrogen and oxygen atoms in total. The molecule has 10 heteroatoms. The van der Waals surface area contributed by atoms with Crippen molar-refractivity contribution in [2.75, 3.05) is 13.1 Å². The van der Waals surface area contributed by atoms with Gasteiger partial charge in [0.15, 0.2) is 0 Å². The molecule has 6 rings (SSSR count). The maximum atomic E-state index is 13.6. The monoisotopic (exact) mass is 760 g/mol. The first kappa shape index (κ1) is 43.3. The molecule has 2 fully saturated rings. The van der Waals surface area contributed by atoms with E-state index >= 15 is 0 Å². The van der Waals surface area contributed by atoms with E-state index in [-0.39, 0.29) is 40.4 Å². The van der Waals surface area contributed by atoms with Gasteiger partial charge in [-0.15, -0.1) is 12.4 Å². The Morgan fingerprint density at radius 2 is 1.06 bits per heavy atom. The lowest BCUT2D eigenvalue weighted by atomic mass is 9.89. The second kappa shape index (κ2) is 20.4. The average Bonchev–Trinajstić information content (AvgIpc) is 3.79. The molecule has 0 saturated heterocycles. The van der Waals surface area contributed by atoms with Crippen LogP contribution in [0, 0.1) is 57.8 Å². The van der Waals surface area contributed by atoms with Crippen LogP contribution in [0.2, 0.25) is 0 Å². The smallest absolute Gasteiger partial charge is 0.335 e. The minimum Gasteiger partial charge on any atom is -0.478 e. The summed E-state index contributed by atoms with van der Waals surface area (Å²) in [4.78, 5) is 22.9. The number of carboxylic acids is 1. The zero-order valence-corrected chi connectivity index (χ0v) is 31.2. The highest BCUT2D eigenvalue weighted by atomic mass is 35.5. The van der Waals surface area contributed by atoms with Crippen molar-refractivity contribution in [3.63, 3.8) is 0 Å². The van der Waals surface area contributed by atoms with Gasteiger partial charge < -0.3 is 16.2 Å². The molecular weight excluding hydrogens is 716 g/mol. The molecule has 0 unspecified atom stereocenters. The fourth-order valence-corrected chi connectivity index (χ4v) is 6.10. The Kier molecular flexibility index (Phi) is 16.4. The zero-order chi connectivity index (χ0) is 38.4. The largest absolute Gasteiger partial charge is 0.478 e. The minimum atomic E-state index is -1.02. The van der Waals surface area contributed by atoms with Crippen LogP contribution in [0.3, 0.4) is 0 Å². The second-order valence-corrected chi connectivity index (χ2v) is 14.1. The lowest BCUT2D eigenvalue weighted by molar-refractivity contribution is 0.0696. The minimum absolute atomic E-state index is 0. The predicted octanol–water partition coefficient (Wildman–Crippen LogP) is 9.68. The zero-order valence-electron chi connectivity index (χ0n) is 30.4. The van der Waals surface area contributed by atoms with Crippen molar-refractivity contribution in [1.29, 1.82) is 0 Å². The molecule has 0 aromatic heterocycles. The number of hydrogen-bond acceptors (Lipinski definition) is 3. The topological polar surface area (TPSA) is 92.4 Å². The first-order valence-electron chi connectivity index (χ1n) is 17.6. The molecule has 0 heterocycles. The average molecular weight is 761 g/mol. The summed E-state index contributed by atoms with van der Waals surface area (Å²) in [5, 5.41) is 11.7. The van der Waals surface area contributed by atoms with Crippen LogP contribution in [0.15, 0.2) is 84.9 Å². The predicted molar refractivity (Wildman–Crippen MR) is 206 cm³/mol. The molecule has 0 bridgehead atoms. The van der Waals surface area contributed by atoms with Crippen molar-refractivity contribution >= 4 is 24.3 Å². The standard InChI is InChI=1S/C22H21F2NO.C15H8F2O2.C7H15N.ClH/c1-22(12-2-3-13-22)15-25-21(26)18-8-5-16(6-9-18)4-7-17-10-11-19(23)14-20(17)24;16-13-8-7-11(14(17)9-13)4-1-10-2-5-12(6-3-10)15(18)19;1-7(6-8)4-2-3-5-7;/h5-6,8-11,14H,2-3,12-13,15H2,1H3,(H,25,26);2-3,5-9H,(H,18,19);2-6,8H2,1H3;1H. The van der Waals surface area contributed by atoms with Gasteiger partial charge in [0.1, 0.15) is 23.3 Å². The Morgan fingerprint density at radius 1 is 0.648 bits per heavy atom. The Morgan fingerprint density at radius 3 is 1.43 bits per heavy atom. The van der Waals surface area contributed by atoms with Crippen LogP contribution in [-0.2, 0) is 0 Å². The Bertz CT molecular complexity index is 2000. The number of amides is 1. The summed E-state index contributed by atoms with van der Waals surface area (Å²) >= 11 is 0. The number of aromatic carboxylic acids is 1. The van der Waals surface area contributed by atoms with Gasteiger partial charge in [-0.3, -0.25) is 4.79 Å². The molecule has 0 spiro atoms. The molecule has 0 radical (unpaired) electrons. The van der Waals surface area contributed by atoms with Gasteiger partial charge in [0.25, 0.3) is 5.91 Å². The van der Waals surface area contributed by atoms with Gasteiger partial charge in [-0.2, -0.15) is 0 Å². The number of hydrogen-bond donors (Lipinski definition) is 3. The summed E-state index contributed by atoms with van der Waals surface area (Å²) in [5.41, 5.74) is 8.45. The third kappa shape index (κ3) is 13.4. The van der Waals surface area contributed by atoms with Crippen LogP contribution >= 0.6 is 12.4 Å². The van der Waals surface area contributed by atoms with Gasteiger partial charge >= 0.3 is 5.97 Å². The molecular formula is C44H45ClF4N2O3.